The molecule has 5 nitrogen and oxygen atoms in total. The van der Waals surface area contributed by atoms with Crippen LogP contribution in [0.5, 0.6) is 0 Å². The van der Waals surface area contributed by atoms with Gasteiger partial charge in [-0.3, -0.25) is 0 Å². The van der Waals surface area contributed by atoms with Gasteiger partial charge in [0, 0.05) is 7.11 Å². The third kappa shape index (κ3) is 7.14. The molecule has 0 rings (SSSR count). The van der Waals surface area contributed by atoms with Crippen LogP contribution in [-0.4, -0.2) is 56.4 Å². The average molecular weight is 295 g/mol. The first kappa shape index (κ1) is 19.9. The maximum atomic E-state index is 10.7. The van der Waals surface area contributed by atoms with Crippen LogP contribution in [0.15, 0.2) is 0 Å². The number of quaternary nitrogens is 1. The van der Waals surface area contributed by atoms with Gasteiger partial charge in [-0.1, -0.05) is 0 Å². The summed E-state index contributed by atoms with van der Waals surface area (Å²) in [6.07, 6.45) is 0. The highest BCUT2D eigenvalue weighted by Crippen LogP contribution is 2.20. The Kier molecular flexibility index (Phi) is 8.78. The number of ether oxygens (including phenoxy) is 1. The Bertz CT molecular complexity index is 304. The Hall–Kier alpha value is -0.380. The predicted molar refractivity (Wildman–Crippen MR) is 59.5 cm³/mol. The SMILES string of the molecule is CC[N+](CC)(CC)COC.O=S(=O)([O-])C(F)(F)F. The van der Waals surface area contributed by atoms with Gasteiger partial charge in [0.1, 0.15) is 0 Å². The molecule has 0 bridgehead atoms. The Morgan fingerprint density at radius 1 is 1.11 bits per heavy atom. The highest BCUT2D eigenvalue weighted by molar-refractivity contribution is 7.86. The van der Waals surface area contributed by atoms with Gasteiger partial charge in [0.2, 0.25) is 0 Å². The lowest BCUT2D eigenvalue weighted by atomic mass is 10.4. The Labute approximate surface area is 106 Å². The van der Waals surface area contributed by atoms with E-state index in [2.05, 4.69) is 20.8 Å². The molecule has 18 heavy (non-hydrogen) atoms. The van der Waals surface area contributed by atoms with E-state index in [9.17, 15) is 13.2 Å². The van der Waals surface area contributed by atoms with E-state index in [1.807, 2.05) is 0 Å². The van der Waals surface area contributed by atoms with Crippen LogP contribution in [0.25, 0.3) is 0 Å². The predicted octanol–water partition coefficient (Wildman–Crippen LogP) is 1.52. The Balaban J connectivity index is 0. The lowest BCUT2D eigenvalue weighted by Crippen LogP contribution is -2.48. The van der Waals surface area contributed by atoms with Gasteiger partial charge in [-0.25, -0.2) is 8.42 Å². The molecule has 9 heteroatoms. The maximum absolute atomic E-state index is 10.7. The van der Waals surface area contributed by atoms with Crippen molar-refractivity contribution in [3.63, 3.8) is 0 Å². The Morgan fingerprint density at radius 3 is 1.44 bits per heavy atom. The van der Waals surface area contributed by atoms with Gasteiger partial charge in [0.05, 0.1) is 19.6 Å². The highest BCUT2D eigenvalue weighted by atomic mass is 32.2. The van der Waals surface area contributed by atoms with Crippen molar-refractivity contribution in [2.75, 3.05) is 33.5 Å². The van der Waals surface area contributed by atoms with E-state index in [-0.39, 0.29) is 0 Å². The third-order valence-electron chi connectivity index (χ3n) is 2.70. The zero-order valence-electron chi connectivity index (χ0n) is 11.0. The molecule has 0 aromatic rings. The number of nitrogens with zero attached hydrogens (tertiary/aromatic N) is 1. The van der Waals surface area contributed by atoms with Crippen molar-refractivity contribution < 1.29 is 35.4 Å². The van der Waals surface area contributed by atoms with Crippen LogP contribution in [0, 0.1) is 0 Å². The first-order valence-electron chi connectivity index (χ1n) is 5.35. The first-order valence-corrected chi connectivity index (χ1v) is 6.76. The van der Waals surface area contributed by atoms with Gasteiger partial charge >= 0.3 is 5.51 Å². The van der Waals surface area contributed by atoms with Crippen molar-refractivity contribution in [2.45, 2.75) is 26.3 Å². The largest absolute Gasteiger partial charge is 0.741 e. The number of halogens is 3. The zero-order valence-corrected chi connectivity index (χ0v) is 11.8. The van der Waals surface area contributed by atoms with E-state index in [0.717, 1.165) is 11.2 Å². The van der Waals surface area contributed by atoms with Crippen LogP contribution in [0.4, 0.5) is 13.2 Å². The van der Waals surface area contributed by atoms with Gasteiger partial charge in [0.15, 0.2) is 16.8 Å². The van der Waals surface area contributed by atoms with Crippen LogP contribution in [0.3, 0.4) is 0 Å². The minimum Gasteiger partial charge on any atom is -0.741 e. The quantitative estimate of drug-likeness (QED) is 0.334. The summed E-state index contributed by atoms with van der Waals surface area (Å²) < 4.78 is 65.1. The monoisotopic (exact) mass is 295 g/mol. The molecule has 0 aromatic carbocycles. The zero-order chi connectivity index (χ0) is 15.0. The standard InChI is InChI=1S/C8H20NO.CHF3O3S/c1-5-9(6-2,7-3)8-10-4;2-1(3,4)8(5,6)7/h5-8H2,1-4H3;(H,5,6,7)/q+1;/p-1. The molecule has 0 aliphatic carbocycles. The summed E-state index contributed by atoms with van der Waals surface area (Å²) in [5, 5.41) is 0. The Morgan fingerprint density at radius 2 is 1.39 bits per heavy atom. The molecule has 0 fully saturated rings. The van der Waals surface area contributed by atoms with Crippen molar-refractivity contribution >= 4 is 10.1 Å². The fourth-order valence-electron chi connectivity index (χ4n) is 1.22. The first-order chi connectivity index (χ1) is 7.99. The lowest BCUT2D eigenvalue weighted by molar-refractivity contribution is -0.940. The summed E-state index contributed by atoms with van der Waals surface area (Å²) in [7, 11) is -4.32. The van der Waals surface area contributed by atoms with Gasteiger partial charge in [0.25, 0.3) is 0 Å². The van der Waals surface area contributed by atoms with E-state index >= 15 is 0 Å². The molecule has 0 aliphatic rings. The minimum atomic E-state index is -6.09. The van der Waals surface area contributed by atoms with E-state index in [4.69, 9.17) is 17.7 Å². The molecule has 0 aliphatic heterocycles. The van der Waals surface area contributed by atoms with Crippen LogP contribution < -0.4 is 0 Å². The fraction of sp³-hybridized carbons (Fsp3) is 1.00. The molecule has 0 spiro atoms. The van der Waals surface area contributed by atoms with Crippen molar-refractivity contribution in [3.8, 4) is 0 Å². The lowest BCUT2D eigenvalue weighted by Gasteiger charge is -2.34. The van der Waals surface area contributed by atoms with E-state index in [1.54, 1.807) is 7.11 Å². The molecule has 0 aromatic heterocycles. The molecule has 0 radical (unpaired) electrons. The molecular weight excluding hydrogens is 275 g/mol. The number of rotatable bonds is 5. The van der Waals surface area contributed by atoms with E-state index in [1.165, 1.54) is 19.6 Å². The molecular formula is C9H20F3NO4S. The highest BCUT2D eigenvalue weighted by Gasteiger charge is 2.36. The topological polar surface area (TPSA) is 66.4 Å². The third-order valence-corrected chi connectivity index (χ3v) is 3.27. The molecule has 0 N–H and O–H groups in total. The maximum Gasteiger partial charge on any atom is 0.485 e. The fourth-order valence-corrected chi connectivity index (χ4v) is 1.22. The van der Waals surface area contributed by atoms with Crippen LogP contribution in [0.1, 0.15) is 20.8 Å². The normalized spacial score (nSPS) is 12.9. The summed E-state index contributed by atoms with van der Waals surface area (Å²) in [6.45, 7) is 11.0. The molecule has 112 valence electrons. The molecule has 0 unspecified atom stereocenters. The molecule has 0 atom stereocenters. The second kappa shape index (κ2) is 7.93. The van der Waals surface area contributed by atoms with Crippen LogP contribution >= 0.6 is 0 Å². The van der Waals surface area contributed by atoms with Gasteiger partial charge < -0.3 is 13.8 Å². The second-order valence-electron chi connectivity index (χ2n) is 3.61. The van der Waals surface area contributed by atoms with E-state index < -0.39 is 15.6 Å². The minimum absolute atomic E-state index is 0.851. The summed E-state index contributed by atoms with van der Waals surface area (Å²) in [5.74, 6) is 0. The number of methoxy groups -OCH3 is 1. The van der Waals surface area contributed by atoms with Gasteiger partial charge in [-0.15, -0.1) is 0 Å². The summed E-state index contributed by atoms with van der Waals surface area (Å²) in [6, 6.07) is 0. The number of hydrogen-bond acceptors (Lipinski definition) is 4. The molecule has 0 amide bonds. The summed E-state index contributed by atoms with van der Waals surface area (Å²) >= 11 is 0. The number of hydrogen-bond donors (Lipinski definition) is 0. The number of alkyl halides is 3. The van der Waals surface area contributed by atoms with Crippen molar-refractivity contribution in [2.24, 2.45) is 0 Å². The smallest absolute Gasteiger partial charge is 0.485 e. The molecule has 0 heterocycles. The van der Waals surface area contributed by atoms with E-state index in [0.29, 0.717) is 0 Å². The molecule has 0 saturated heterocycles. The van der Waals surface area contributed by atoms with Crippen molar-refractivity contribution in [1.82, 2.24) is 0 Å². The summed E-state index contributed by atoms with van der Waals surface area (Å²) in [4.78, 5) is 0. The van der Waals surface area contributed by atoms with Gasteiger partial charge in [-0.2, -0.15) is 13.2 Å². The van der Waals surface area contributed by atoms with Gasteiger partial charge in [-0.05, 0) is 20.8 Å². The second-order valence-corrected chi connectivity index (χ2v) is 4.98. The average Bonchev–Trinajstić information content (AvgIpc) is 2.24. The molecule has 0 saturated carbocycles. The van der Waals surface area contributed by atoms with Crippen molar-refractivity contribution in [1.29, 1.82) is 0 Å². The van der Waals surface area contributed by atoms with Crippen LogP contribution in [-0.2, 0) is 14.9 Å². The van der Waals surface area contributed by atoms with Crippen LogP contribution in [0.2, 0.25) is 0 Å². The van der Waals surface area contributed by atoms with Crippen molar-refractivity contribution in [3.05, 3.63) is 0 Å². The summed E-state index contributed by atoms with van der Waals surface area (Å²) in [5.41, 5.74) is -5.65.